The highest BCUT2D eigenvalue weighted by molar-refractivity contribution is 7.99. The van der Waals surface area contributed by atoms with Gasteiger partial charge < -0.3 is 10.7 Å². The lowest BCUT2D eigenvalue weighted by atomic mass is 10.1. The standard InChI is InChI=1S/C17H17ClN2S/c1-11(19)9-13-14(18)6-4-8-16(13)21-17-10-12-5-2-3-7-15(12)20-17/h2-8,10-11,20H,9,19H2,1H3. The topological polar surface area (TPSA) is 41.8 Å². The quantitative estimate of drug-likeness (QED) is 0.721. The smallest absolute Gasteiger partial charge is 0.0780 e. The van der Waals surface area contributed by atoms with Crippen molar-refractivity contribution in [2.24, 2.45) is 5.73 Å². The van der Waals surface area contributed by atoms with Crippen molar-refractivity contribution in [3.8, 4) is 0 Å². The van der Waals surface area contributed by atoms with E-state index in [1.54, 1.807) is 11.8 Å². The first-order valence-electron chi connectivity index (χ1n) is 6.92. The zero-order chi connectivity index (χ0) is 14.8. The molecule has 1 aromatic heterocycles. The third-order valence-electron chi connectivity index (χ3n) is 3.33. The van der Waals surface area contributed by atoms with E-state index in [-0.39, 0.29) is 6.04 Å². The molecule has 0 saturated carbocycles. The first-order chi connectivity index (χ1) is 10.1. The molecule has 0 aliphatic rings. The second-order valence-electron chi connectivity index (χ2n) is 5.22. The van der Waals surface area contributed by atoms with Gasteiger partial charge in [-0.15, -0.1) is 0 Å². The van der Waals surface area contributed by atoms with Crippen LogP contribution in [0.3, 0.4) is 0 Å². The van der Waals surface area contributed by atoms with Crippen molar-refractivity contribution < 1.29 is 0 Å². The molecule has 4 heteroatoms. The zero-order valence-corrected chi connectivity index (χ0v) is 13.3. The van der Waals surface area contributed by atoms with Crippen molar-refractivity contribution in [1.82, 2.24) is 4.98 Å². The number of H-pyrrole nitrogens is 1. The van der Waals surface area contributed by atoms with Crippen molar-refractivity contribution in [2.75, 3.05) is 0 Å². The fraction of sp³-hybridized carbons (Fsp3) is 0.176. The summed E-state index contributed by atoms with van der Waals surface area (Å²) in [6.07, 6.45) is 0.780. The fourth-order valence-corrected chi connectivity index (χ4v) is 3.73. The molecule has 2 nitrogen and oxygen atoms in total. The first kappa shape index (κ1) is 14.5. The number of aromatic nitrogens is 1. The van der Waals surface area contributed by atoms with Gasteiger partial charge in [0.2, 0.25) is 0 Å². The van der Waals surface area contributed by atoms with Crippen LogP contribution in [0.1, 0.15) is 12.5 Å². The Labute approximate surface area is 133 Å². The highest BCUT2D eigenvalue weighted by Gasteiger charge is 2.11. The molecule has 0 aliphatic carbocycles. The number of hydrogen-bond acceptors (Lipinski definition) is 2. The highest BCUT2D eigenvalue weighted by Crippen LogP contribution is 2.35. The summed E-state index contributed by atoms with van der Waals surface area (Å²) >= 11 is 8.04. The van der Waals surface area contributed by atoms with Gasteiger partial charge >= 0.3 is 0 Å². The summed E-state index contributed by atoms with van der Waals surface area (Å²) in [4.78, 5) is 4.59. The molecule has 1 atom stereocenters. The Balaban J connectivity index is 1.95. The molecular weight excluding hydrogens is 300 g/mol. The number of hydrogen-bond donors (Lipinski definition) is 2. The number of rotatable bonds is 4. The maximum Gasteiger partial charge on any atom is 0.0780 e. The van der Waals surface area contributed by atoms with E-state index in [4.69, 9.17) is 17.3 Å². The molecule has 21 heavy (non-hydrogen) atoms. The van der Waals surface area contributed by atoms with E-state index in [1.165, 1.54) is 5.39 Å². The fourth-order valence-electron chi connectivity index (χ4n) is 2.37. The van der Waals surface area contributed by atoms with Crippen molar-refractivity contribution in [2.45, 2.75) is 29.3 Å². The summed E-state index contributed by atoms with van der Waals surface area (Å²) in [6.45, 7) is 2.00. The number of halogens is 1. The first-order valence-corrected chi connectivity index (χ1v) is 8.11. The molecule has 3 N–H and O–H groups in total. The SMILES string of the molecule is CC(N)Cc1c(Cl)cccc1Sc1cc2ccccc2[nH]1. The number of aromatic amines is 1. The van der Waals surface area contributed by atoms with E-state index in [0.717, 1.165) is 32.4 Å². The minimum absolute atomic E-state index is 0.0898. The predicted molar refractivity (Wildman–Crippen MR) is 91.2 cm³/mol. The Kier molecular flexibility index (Phi) is 4.24. The summed E-state index contributed by atoms with van der Waals surface area (Å²) in [5, 5.41) is 3.12. The highest BCUT2D eigenvalue weighted by atomic mass is 35.5. The van der Waals surface area contributed by atoms with Crippen LogP contribution >= 0.6 is 23.4 Å². The molecule has 2 aromatic carbocycles. The molecule has 0 fully saturated rings. The van der Waals surface area contributed by atoms with Gasteiger partial charge in [-0.1, -0.05) is 47.6 Å². The second kappa shape index (κ2) is 6.14. The van der Waals surface area contributed by atoms with E-state index < -0.39 is 0 Å². The van der Waals surface area contributed by atoms with Gasteiger partial charge in [0.25, 0.3) is 0 Å². The van der Waals surface area contributed by atoms with Gasteiger partial charge in [-0.3, -0.25) is 0 Å². The molecule has 0 spiro atoms. The van der Waals surface area contributed by atoms with E-state index in [1.807, 2.05) is 31.2 Å². The summed E-state index contributed by atoms with van der Waals surface area (Å²) < 4.78 is 0. The maximum absolute atomic E-state index is 6.34. The molecule has 0 amide bonds. The molecule has 0 aliphatic heterocycles. The molecule has 1 heterocycles. The van der Waals surface area contributed by atoms with E-state index in [2.05, 4.69) is 29.2 Å². The minimum Gasteiger partial charge on any atom is -0.349 e. The van der Waals surface area contributed by atoms with Crippen LogP contribution in [0, 0.1) is 0 Å². The molecule has 3 rings (SSSR count). The van der Waals surface area contributed by atoms with Crippen LogP contribution in [0.2, 0.25) is 5.02 Å². The van der Waals surface area contributed by atoms with Gasteiger partial charge in [-0.05, 0) is 43.2 Å². The Bertz CT molecular complexity index is 731. The number of fused-ring (bicyclic) bond motifs is 1. The van der Waals surface area contributed by atoms with E-state index >= 15 is 0 Å². The summed E-state index contributed by atoms with van der Waals surface area (Å²) in [5.74, 6) is 0. The van der Waals surface area contributed by atoms with E-state index in [9.17, 15) is 0 Å². The van der Waals surface area contributed by atoms with Crippen LogP contribution in [0.15, 0.2) is 58.5 Å². The predicted octanol–water partition coefficient (Wildman–Crippen LogP) is 4.86. The monoisotopic (exact) mass is 316 g/mol. The van der Waals surface area contributed by atoms with Gasteiger partial charge in [-0.2, -0.15) is 0 Å². The summed E-state index contributed by atoms with van der Waals surface area (Å²) in [6, 6.07) is 16.5. The molecule has 0 saturated heterocycles. The summed E-state index contributed by atoms with van der Waals surface area (Å²) in [5.41, 5.74) is 8.21. The van der Waals surface area contributed by atoms with Crippen molar-refractivity contribution in [3.05, 3.63) is 59.1 Å². The van der Waals surface area contributed by atoms with Gasteiger partial charge in [0.05, 0.1) is 5.03 Å². The maximum atomic E-state index is 6.34. The van der Waals surface area contributed by atoms with Crippen molar-refractivity contribution in [1.29, 1.82) is 0 Å². The van der Waals surface area contributed by atoms with Crippen molar-refractivity contribution in [3.63, 3.8) is 0 Å². The van der Waals surface area contributed by atoms with E-state index in [0.29, 0.717) is 0 Å². The lowest BCUT2D eigenvalue weighted by Gasteiger charge is -2.12. The van der Waals surface area contributed by atoms with Crippen LogP contribution in [-0.4, -0.2) is 11.0 Å². The Morgan fingerprint density at radius 3 is 2.76 bits per heavy atom. The largest absolute Gasteiger partial charge is 0.349 e. The molecule has 1 unspecified atom stereocenters. The number of para-hydroxylation sites is 1. The molecule has 3 aromatic rings. The van der Waals surface area contributed by atoms with Gasteiger partial charge in [0.15, 0.2) is 0 Å². The Morgan fingerprint density at radius 2 is 2.00 bits per heavy atom. The average molecular weight is 317 g/mol. The Morgan fingerprint density at radius 1 is 1.19 bits per heavy atom. The van der Waals surface area contributed by atoms with Gasteiger partial charge in [0, 0.05) is 26.9 Å². The average Bonchev–Trinajstić information content (AvgIpc) is 2.84. The Hall–Kier alpha value is -1.42. The van der Waals surface area contributed by atoms with Gasteiger partial charge in [0.1, 0.15) is 0 Å². The normalized spacial score (nSPS) is 12.7. The molecule has 108 valence electrons. The number of benzene rings is 2. The second-order valence-corrected chi connectivity index (χ2v) is 6.71. The van der Waals surface area contributed by atoms with Crippen LogP contribution in [0.4, 0.5) is 0 Å². The minimum atomic E-state index is 0.0898. The van der Waals surface area contributed by atoms with Crippen LogP contribution in [-0.2, 0) is 6.42 Å². The number of nitrogens with one attached hydrogen (secondary N) is 1. The molecule has 0 radical (unpaired) electrons. The summed E-state index contributed by atoms with van der Waals surface area (Å²) in [7, 11) is 0. The lowest BCUT2D eigenvalue weighted by molar-refractivity contribution is 0.729. The van der Waals surface area contributed by atoms with Crippen LogP contribution in [0.5, 0.6) is 0 Å². The van der Waals surface area contributed by atoms with Crippen LogP contribution in [0.25, 0.3) is 10.9 Å². The van der Waals surface area contributed by atoms with Gasteiger partial charge in [-0.25, -0.2) is 0 Å². The number of nitrogens with two attached hydrogens (primary N) is 1. The third kappa shape index (κ3) is 3.26. The lowest BCUT2D eigenvalue weighted by Crippen LogP contribution is -2.18. The third-order valence-corrected chi connectivity index (χ3v) is 4.72. The molecule has 0 bridgehead atoms. The zero-order valence-electron chi connectivity index (χ0n) is 11.8. The van der Waals surface area contributed by atoms with Crippen LogP contribution < -0.4 is 5.73 Å². The van der Waals surface area contributed by atoms with Crippen molar-refractivity contribution >= 4 is 34.3 Å². The molecular formula is C17H17ClN2S.